The third-order valence-corrected chi connectivity index (χ3v) is 8.68. The molecule has 0 spiro atoms. The molecule has 2 N–H and O–H groups in total. The Labute approximate surface area is 226 Å². The molecular formula is C26H27ClF3N3O2S2. The summed E-state index contributed by atoms with van der Waals surface area (Å²) in [7, 11) is 1.98. The molecule has 1 aliphatic carbocycles. The Morgan fingerprint density at radius 2 is 2.14 bits per heavy atom. The summed E-state index contributed by atoms with van der Waals surface area (Å²) in [5.41, 5.74) is 2.46. The maximum Gasteiger partial charge on any atom is 0.490 e. The summed E-state index contributed by atoms with van der Waals surface area (Å²) in [6.07, 6.45) is -0.0893. The number of hydrogen-bond donors (Lipinski definition) is 2. The number of thiophene rings is 2. The minimum absolute atomic E-state index is 0.205. The van der Waals surface area contributed by atoms with Gasteiger partial charge in [-0.15, -0.1) is 22.7 Å². The first-order valence-corrected chi connectivity index (χ1v) is 14.1. The fraction of sp³-hybridized carbons (Fsp3) is 0.462. The molecule has 0 unspecified atom stereocenters. The van der Waals surface area contributed by atoms with Gasteiger partial charge in [-0.1, -0.05) is 42.3 Å². The highest BCUT2D eigenvalue weighted by molar-refractivity contribution is 7.20. The summed E-state index contributed by atoms with van der Waals surface area (Å²) in [5, 5.41) is 9.35. The predicted octanol–water partition coefficient (Wildman–Crippen LogP) is 7.11. The lowest BCUT2D eigenvalue weighted by atomic mass is 9.82. The fourth-order valence-corrected chi connectivity index (χ4v) is 6.74. The summed E-state index contributed by atoms with van der Waals surface area (Å²) in [6.45, 7) is 0.330. The highest BCUT2D eigenvalue weighted by Gasteiger charge is 2.40. The normalized spacial score (nSPS) is 17.9. The second kappa shape index (κ2) is 12.5. The molecule has 0 amide bonds. The zero-order valence-corrected chi connectivity index (χ0v) is 22.6. The van der Waals surface area contributed by atoms with Crippen molar-refractivity contribution >= 4 is 56.1 Å². The number of unbranched alkanes of at least 4 members (excludes halogenated alkanes) is 1. The summed E-state index contributed by atoms with van der Waals surface area (Å²) < 4.78 is 42.2. The SMILES string of the molecule is CN[C@H]1CCCC[C@@H]1c1sc2c(NCc3cccs3)cc(Cl)nc2c1C#CCCCOC(=O)C(F)(F)F. The quantitative estimate of drug-likeness (QED) is 0.131. The van der Waals surface area contributed by atoms with Gasteiger partial charge in [0.05, 0.1) is 22.6 Å². The van der Waals surface area contributed by atoms with E-state index < -0.39 is 12.1 Å². The monoisotopic (exact) mass is 569 g/mol. The smallest absolute Gasteiger partial charge is 0.459 e. The first-order valence-electron chi connectivity index (χ1n) is 12.1. The molecule has 0 aromatic carbocycles. The minimum atomic E-state index is -4.99. The van der Waals surface area contributed by atoms with Gasteiger partial charge in [0.2, 0.25) is 0 Å². The Morgan fingerprint density at radius 3 is 2.86 bits per heavy atom. The number of hydrogen-bond acceptors (Lipinski definition) is 7. The number of likely N-dealkylation sites (N-methyl/N-ethyl adjacent to an activating group) is 1. The van der Waals surface area contributed by atoms with Crippen LogP contribution < -0.4 is 10.6 Å². The number of ether oxygens (including phenoxy) is 1. The van der Waals surface area contributed by atoms with E-state index >= 15 is 0 Å². The molecular weight excluding hydrogens is 543 g/mol. The molecule has 0 aliphatic heterocycles. The van der Waals surface area contributed by atoms with Crippen LogP contribution in [0.5, 0.6) is 0 Å². The number of esters is 1. The molecule has 2 atom stereocenters. The summed E-state index contributed by atoms with van der Waals surface area (Å²) >= 11 is 9.79. The van der Waals surface area contributed by atoms with Crippen molar-refractivity contribution in [2.45, 2.75) is 63.2 Å². The summed E-state index contributed by atoms with van der Waals surface area (Å²) in [6, 6.07) is 6.24. The molecule has 5 nitrogen and oxygen atoms in total. The molecule has 1 saturated carbocycles. The molecule has 3 heterocycles. The third-order valence-electron chi connectivity index (χ3n) is 6.27. The number of halogens is 4. The van der Waals surface area contributed by atoms with Crippen LogP contribution in [0.25, 0.3) is 10.2 Å². The van der Waals surface area contributed by atoms with E-state index in [2.05, 4.69) is 38.3 Å². The van der Waals surface area contributed by atoms with Crippen LogP contribution in [-0.4, -0.2) is 36.8 Å². The maximum atomic E-state index is 12.3. The first-order chi connectivity index (χ1) is 17.8. The summed E-state index contributed by atoms with van der Waals surface area (Å²) in [5.74, 6) is 4.40. The summed E-state index contributed by atoms with van der Waals surface area (Å²) in [4.78, 5) is 17.9. The van der Waals surface area contributed by atoms with Crippen LogP contribution in [0, 0.1) is 11.8 Å². The third kappa shape index (κ3) is 6.96. The van der Waals surface area contributed by atoms with Gasteiger partial charge in [-0.25, -0.2) is 9.78 Å². The van der Waals surface area contributed by atoms with E-state index in [0.29, 0.717) is 17.7 Å². The number of carbonyl (C=O) groups is 1. The van der Waals surface area contributed by atoms with E-state index in [0.717, 1.165) is 45.6 Å². The molecule has 3 aromatic rings. The minimum Gasteiger partial charge on any atom is -0.459 e. The second-order valence-corrected chi connectivity index (χ2v) is 11.2. The van der Waals surface area contributed by atoms with Gasteiger partial charge >= 0.3 is 12.1 Å². The zero-order chi connectivity index (χ0) is 26.4. The van der Waals surface area contributed by atoms with E-state index in [1.807, 2.05) is 24.6 Å². The Kier molecular flexibility index (Phi) is 9.35. The van der Waals surface area contributed by atoms with Crippen molar-refractivity contribution in [2.75, 3.05) is 19.0 Å². The van der Waals surface area contributed by atoms with Crippen molar-refractivity contribution in [2.24, 2.45) is 0 Å². The van der Waals surface area contributed by atoms with Gasteiger partial charge in [0.15, 0.2) is 0 Å². The number of fused-ring (bicyclic) bond motifs is 1. The molecule has 1 aliphatic rings. The molecule has 0 bridgehead atoms. The maximum absolute atomic E-state index is 12.3. The van der Waals surface area contributed by atoms with Crippen molar-refractivity contribution in [1.82, 2.24) is 10.3 Å². The number of rotatable bonds is 8. The van der Waals surface area contributed by atoms with Gasteiger partial charge in [0.25, 0.3) is 0 Å². The number of anilines is 1. The van der Waals surface area contributed by atoms with Gasteiger partial charge in [-0.2, -0.15) is 13.2 Å². The molecule has 198 valence electrons. The number of aromatic nitrogens is 1. The number of pyridine rings is 1. The average Bonchev–Trinajstić information content (AvgIpc) is 3.52. The van der Waals surface area contributed by atoms with E-state index in [9.17, 15) is 18.0 Å². The lowest BCUT2D eigenvalue weighted by Crippen LogP contribution is -2.34. The lowest BCUT2D eigenvalue weighted by Gasteiger charge is -2.31. The van der Waals surface area contributed by atoms with Gasteiger partial charge in [-0.05, 0) is 37.8 Å². The standard InChI is InChI=1S/C26H27ClF3N3O2S2/c1-31-19-11-5-4-9-17(19)23-18(10-3-2-6-12-35-25(34)26(28,29)30)22-24(37-23)20(14-21(27)33-22)32-15-16-8-7-13-36-16/h7-8,13-14,17,19,31H,2,4-6,9,11-12,15H2,1H3,(H,32,33)/t17-,19-/m0/s1. The number of nitrogens with one attached hydrogen (secondary N) is 2. The largest absolute Gasteiger partial charge is 0.490 e. The average molecular weight is 570 g/mol. The Bertz CT molecular complexity index is 1280. The molecule has 0 radical (unpaired) electrons. The molecule has 11 heteroatoms. The molecule has 37 heavy (non-hydrogen) atoms. The van der Waals surface area contributed by atoms with Crippen LogP contribution in [0.4, 0.5) is 18.9 Å². The second-order valence-electron chi connectivity index (χ2n) is 8.77. The first kappa shape index (κ1) is 27.7. The number of carbonyl (C=O) groups excluding carboxylic acids is 1. The zero-order valence-electron chi connectivity index (χ0n) is 20.2. The van der Waals surface area contributed by atoms with Gasteiger partial charge in [-0.3, -0.25) is 0 Å². The van der Waals surface area contributed by atoms with Crippen molar-refractivity contribution in [3.05, 3.63) is 44.1 Å². The Balaban J connectivity index is 1.62. The van der Waals surface area contributed by atoms with E-state index in [4.69, 9.17) is 11.6 Å². The predicted molar refractivity (Wildman–Crippen MR) is 143 cm³/mol. The molecule has 1 fully saturated rings. The van der Waals surface area contributed by atoms with Crippen molar-refractivity contribution in [1.29, 1.82) is 0 Å². The Hall–Kier alpha value is -2.32. The van der Waals surface area contributed by atoms with Gasteiger partial charge in [0.1, 0.15) is 10.7 Å². The van der Waals surface area contributed by atoms with Crippen LogP contribution in [0.3, 0.4) is 0 Å². The molecule has 4 rings (SSSR count). The highest BCUT2D eigenvalue weighted by Crippen LogP contribution is 2.44. The molecule has 0 saturated heterocycles. The fourth-order valence-electron chi connectivity index (χ4n) is 4.51. The van der Waals surface area contributed by atoms with Gasteiger partial charge < -0.3 is 15.4 Å². The van der Waals surface area contributed by atoms with E-state index in [1.54, 1.807) is 22.7 Å². The van der Waals surface area contributed by atoms with E-state index in [1.165, 1.54) is 11.3 Å². The van der Waals surface area contributed by atoms with Crippen LogP contribution in [0.15, 0.2) is 23.6 Å². The topological polar surface area (TPSA) is 63.3 Å². The van der Waals surface area contributed by atoms with Crippen LogP contribution in [0.1, 0.15) is 59.8 Å². The van der Waals surface area contributed by atoms with Crippen molar-refractivity contribution < 1.29 is 22.7 Å². The number of alkyl halides is 3. The van der Waals surface area contributed by atoms with Crippen LogP contribution in [0.2, 0.25) is 5.15 Å². The van der Waals surface area contributed by atoms with Gasteiger partial charge in [0, 0.05) is 40.7 Å². The highest BCUT2D eigenvalue weighted by atomic mass is 35.5. The van der Waals surface area contributed by atoms with Crippen molar-refractivity contribution in [3.8, 4) is 11.8 Å². The Morgan fingerprint density at radius 1 is 1.32 bits per heavy atom. The van der Waals surface area contributed by atoms with Crippen LogP contribution >= 0.6 is 34.3 Å². The number of nitrogens with zero attached hydrogens (tertiary/aromatic N) is 1. The molecule has 3 aromatic heterocycles. The van der Waals surface area contributed by atoms with Crippen molar-refractivity contribution in [3.63, 3.8) is 0 Å². The van der Waals surface area contributed by atoms with E-state index in [-0.39, 0.29) is 25.4 Å². The lowest BCUT2D eigenvalue weighted by molar-refractivity contribution is -0.199. The van der Waals surface area contributed by atoms with Crippen LogP contribution in [-0.2, 0) is 16.1 Å².